The van der Waals surface area contributed by atoms with Gasteiger partial charge in [-0.15, -0.1) is 11.3 Å². The highest BCUT2D eigenvalue weighted by atomic mass is 32.2. The van der Waals surface area contributed by atoms with E-state index in [1.807, 2.05) is 58.6 Å². The summed E-state index contributed by atoms with van der Waals surface area (Å²) in [6, 6.07) is 14.9. The lowest BCUT2D eigenvalue weighted by Crippen LogP contribution is -2.21. The van der Waals surface area contributed by atoms with Crippen molar-refractivity contribution >= 4 is 32.0 Å². The summed E-state index contributed by atoms with van der Waals surface area (Å²) in [4.78, 5) is 5.48. The number of aryl methyl sites for hydroxylation is 1. The molecule has 0 unspecified atom stereocenters. The molecule has 4 rings (SSSR count). The first kappa shape index (κ1) is 19.5. The van der Waals surface area contributed by atoms with Crippen LogP contribution in [0, 0.1) is 0 Å². The Balaban J connectivity index is 1.34. The highest BCUT2D eigenvalue weighted by Crippen LogP contribution is 2.23. The Kier molecular flexibility index (Phi) is 5.55. The molecule has 150 valence electrons. The van der Waals surface area contributed by atoms with Gasteiger partial charge in [0.2, 0.25) is 10.0 Å². The molecule has 0 radical (unpaired) electrons. The summed E-state index contributed by atoms with van der Waals surface area (Å²) >= 11 is 1.57. The number of rotatable bonds is 8. The van der Waals surface area contributed by atoms with Crippen molar-refractivity contribution in [2.75, 3.05) is 17.1 Å². The molecule has 0 aliphatic heterocycles. The summed E-state index contributed by atoms with van der Waals surface area (Å²) in [6.07, 6.45) is 4.87. The Morgan fingerprint density at radius 1 is 1.10 bits per heavy atom. The molecule has 6 nitrogen and oxygen atoms in total. The van der Waals surface area contributed by atoms with Crippen molar-refractivity contribution in [3.63, 3.8) is 0 Å². The molecular formula is C21H21N3O3S2. The van der Waals surface area contributed by atoms with E-state index >= 15 is 0 Å². The maximum atomic E-state index is 12.3. The minimum absolute atomic E-state index is 0.0876. The predicted octanol–water partition coefficient (Wildman–Crippen LogP) is 4.45. The zero-order valence-electron chi connectivity index (χ0n) is 15.9. The molecule has 0 atom stereocenters. The van der Waals surface area contributed by atoms with Gasteiger partial charge in [0.05, 0.1) is 5.69 Å². The van der Waals surface area contributed by atoms with E-state index in [4.69, 9.17) is 4.74 Å². The lowest BCUT2D eigenvalue weighted by Gasteiger charge is -2.10. The number of aromatic nitrogens is 2. The number of ether oxygens (including phenoxy) is 1. The molecule has 2 aromatic heterocycles. The molecule has 0 saturated carbocycles. The van der Waals surface area contributed by atoms with Crippen molar-refractivity contribution in [2.24, 2.45) is 0 Å². The number of benzene rings is 2. The van der Waals surface area contributed by atoms with Crippen LogP contribution < -0.4 is 9.46 Å². The van der Waals surface area contributed by atoms with E-state index in [9.17, 15) is 8.42 Å². The molecule has 0 saturated heterocycles. The average Bonchev–Trinajstić information content (AvgIpc) is 3.31. The fourth-order valence-electron chi connectivity index (χ4n) is 2.90. The second-order valence-electron chi connectivity index (χ2n) is 6.56. The van der Waals surface area contributed by atoms with Gasteiger partial charge in [0, 0.05) is 29.0 Å². The number of fused-ring (bicyclic) bond motifs is 1. The van der Waals surface area contributed by atoms with Gasteiger partial charge in [0.1, 0.15) is 18.1 Å². The number of thiazole rings is 1. The van der Waals surface area contributed by atoms with Crippen molar-refractivity contribution in [3.05, 3.63) is 71.9 Å². The van der Waals surface area contributed by atoms with Crippen LogP contribution in [0.5, 0.6) is 5.75 Å². The molecule has 4 aromatic rings. The maximum Gasteiger partial charge on any atom is 0.236 e. The van der Waals surface area contributed by atoms with E-state index in [2.05, 4.69) is 16.6 Å². The van der Waals surface area contributed by atoms with Crippen LogP contribution in [0.4, 0.5) is 5.69 Å². The number of anilines is 1. The molecule has 1 N–H and O–H groups in total. The van der Waals surface area contributed by atoms with E-state index in [0.717, 1.165) is 22.6 Å². The van der Waals surface area contributed by atoms with E-state index < -0.39 is 10.0 Å². The Hall–Kier alpha value is -2.84. The fraction of sp³-hybridized carbons (Fsp3) is 0.190. The largest absolute Gasteiger partial charge is 0.492 e. The Morgan fingerprint density at radius 2 is 1.86 bits per heavy atom. The summed E-state index contributed by atoms with van der Waals surface area (Å²) in [5, 5.41) is 1.98. The van der Waals surface area contributed by atoms with E-state index in [-0.39, 0.29) is 12.4 Å². The summed E-state index contributed by atoms with van der Waals surface area (Å²) in [6.45, 7) is 2.17. The van der Waals surface area contributed by atoms with Gasteiger partial charge in [0.15, 0.2) is 4.96 Å². The average molecular weight is 428 g/mol. The third-order valence-corrected chi connectivity index (χ3v) is 6.52. The van der Waals surface area contributed by atoms with Crippen molar-refractivity contribution < 1.29 is 13.2 Å². The van der Waals surface area contributed by atoms with Gasteiger partial charge < -0.3 is 4.74 Å². The van der Waals surface area contributed by atoms with Crippen LogP contribution in [0.2, 0.25) is 0 Å². The van der Waals surface area contributed by atoms with Crippen LogP contribution in [0.3, 0.4) is 0 Å². The summed E-state index contributed by atoms with van der Waals surface area (Å²) < 4.78 is 34.8. The van der Waals surface area contributed by atoms with E-state index in [1.54, 1.807) is 23.5 Å². The lowest BCUT2D eigenvalue weighted by atomic mass is 10.1. The van der Waals surface area contributed by atoms with Crippen molar-refractivity contribution in [1.29, 1.82) is 0 Å². The molecule has 2 aromatic carbocycles. The SMILES string of the molecule is CCc1ccc(OCCS(=O)(=O)Nc2ccc(-c3cn4ccsc4n3)cc2)cc1. The quantitative estimate of drug-likeness (QED) is 0.451. The minimum atomic E-state index is -3.50. The number of nitrogens with zero attached hydrogens (tertiary/aromatic N) is 2. The smallest absolute Gasteiger partial charge is 0.236 e. The van der Waals surface area contributed by atoms with Crippen LogP contribution >= 0.6 is 11.3 Å². The maximum absolute atomic E-state index is 12.3. The van der Waals surface area contributed by atoms with Crippen LogP contribution in [-0.2, 0) is 16.4 Å². The van der Waals surface area contributed by atoms with Gasteiger partial charge in [-0.1, -0.05) is 31.2 Å². The Morgan fingerprint density at radius 3 is 2.55 bits per heavy atom. The molecule has 0 amide bonds. The number of sulfonamides is 1. The minimum Gasteiger partial charge on any atom is -0.492 e. The lowest BCUT2D eigenvalue weighted by molar-refractivity contribution is 0.341. The van der Waals surface area contributed by atoms with Crippen LogP contribution in [0.15, 0.2) is 66.3 Å². The summed E-state index contributed by atoms with van der Waals surface area (Å²) in [7, 11) is -3.50. The van der Waals surface area contributed by atoms with E-state index in [0.29, 0.717) is 11.4 Å². The normalized spacial score (nSPS) is 11.6. The number of hydrogen-bond acceptors (Lipinski definition) is 5. The highest BCUT2D eigenvalue weighted by molar-refractivity contribution is 7.92. The Bertz CT molecular complexity index is 1170. The molecule has 0 aliphatic carbocycles. The van der Waals surface area contributed by atoms with Gasteiger partial charge >= 0.3 is 0 Å². The highest BCUT2D eigenvalue weighted by Gasteiger charge is 2.12. The molecule has 29 heavy (non-hydrogen) atoms. The first-order valence-electron chi connectivity index (χ1n) is 9.27. The van der Waals surface area contributed by atoms with Crippen molar-refractivity contribution in [1.82, 2.24) is 9.38 Å². The zero-order chi connectivity index (χ0) is 20.3. The fourth-order valence-corrected chi connectivity index (χ4v) is 4.50. The molecule has 8 heteroatoms. The van der Waals surface area contributed by atoms with Gasteiger partial charge in [-0.05, 0) is 36.2 Å². The predicted molar refractivity (Wildman–Crippen MR) is 117 cm³/mol. The standard InChI is InChI=1S/C21H21N3O3S2/c1-2-16-3-9-19(10-4-16)27-12-14-29(25,26)23-18-7-5-17(6-8-18)20-15-24-11-13-28-21(24)22-20/h3-11,13,15,23H,2,12,14H2,1H3. The van der Waals surface area contributed by atoms with Gasteiger partial charge in [-0.2, -0.15) is 0 Å². The molecule has 2 heterocycles. The van der Waals surface area contributed by atoms with Crippen LogP contribution in [0.25, 0.3) is 16.2 Å². The van der Waals surface area contributed by atoms with E-state index in [1.165, 1.54) is 5.56 Å². The topological polar surface area (TPSA) is 72.7 Å². The third-order valence-electron chi connectivity index (χ3n) is 4.50. The van der Waals surface area contributed by atoms with Crippen LogP contribution in [-0.4, -0.2) is 30.2 Å². The second kappa shape index (κ2) is 8.26. The molecular weight excluding hydrogens is 406 g/mol. The molecule has 0 aliphatic rings. The van der Waals surface area contributed by atoms with Gasteiger partial charge in [-0.3, -0.25) is 9.12 Å². The number of imidazole rings is 1. The van der Waals surface area contributed by atoms with Crippen molar-refractivity contribution in [2.45, 2.75) is 13.3 Å². The van der Waals surface area contributed by atoms with Gasteiger partial charge in [-0.25, -0.2) is 13.4 Å². The second-order valence-corrected chi connectivity index (χ2v) is 9.28. The Labute approximate surface area is 173 Å². The van der Waals surface area contributed by atoms with Gasteiger partial charge in [0.25, 0.3) is 0 Å². The molecule has 0 bridgehead atoms. The zero-order valence-corrected chi connectivity index (χ0v) is 17.5. The molecule has 0 fully saturated rings. The summed E-state index contributed by atoms with van der Waals surface area (Å²) in [5.41, 5.74) is 3.52. The third kappa shape index (κ3) is 4.78. The van der Waals surface area contributed by atoms with Crippen LogP contribution in [0.1, 0.15) is 12.5 Å². The summed E-state index contributed by atoms with van der Waals surface area (Å²) in [5.74, 6) is 0.545. The monoisotopic (exact) mass is 427 g/mol. The number of nitrogens with one attached hydrogen (secondary N) is 1. The molecule has 0 spiro atoms. The van der Waals surface area contributed by atoms with Crippen molar-refractivity contribution in [3.8, 4) is 17.0 Å². The number of hydrogen-bond donors (Lipinski definition) is 1. The first-order chi connectivity index (χ1) is 14.0. The first-order valence-corrected chi connectivity index (χ1v) is 11.8.